The molecule has 236 valence electrons. The van der Waals surface area contributed by atoms with Crippen LogP contribution in [-0.2, 0) is 0 Å². The molecule has 3 amide bonds. The lowest BCUT2D eigenvalue weighted by Gasteiger charge is -2.30. The maximum Gasteiger partial charge on any atom is 0.404 e. The Kier molecular flexibility index (Phi) is 8.29. The van der Waals surface area contributed by atoms with Crippen LogP contribution >= 0.6 is 0 Å². The first-order valence-corrected chi connectivity index (χ1v) is 14.6. The van der Waals surface area contributed by atoms with Crippen LogP contribution in [0.4, 0.5) is 9.18 Å². The fraction of sp³-hybridized carbons (Fsp3) is 0.258. The molecule has 0 saturated heterocycles. The topological polar surface area (TPSA) is 182 Å². The molecule has 4 N–H and O–H groups in total. The molecular formula is C31H29FN8O6. The van der Waals surface area contributed by atoms with Gasteiger partial charge in [0, 0.05) is 43.1 Å². The number of benzene rings is 1. The van der Waals surface area contributed by atoms with Gasteiger partial charge in [0.1, 0.15) is 17.2 Å². The number of fused-ring (bicyclic) bond motifs is 2. The quantitative estimate of drug-likeness (QED) is 0.189. The summed E-state index contributed by atoms with van der Waals surface area (Å²) in [4.78, 5) is 72.4. The SMILES string of the molecule is O=C(O)NCCNC(=O)c1cccc(-n2c(=O)n([C@H]3CC[C@@H](NC(=O)c4cn5ccccc5n4)CC3)c(=O)c3cc(F)cnc32)c1. The van der Waals surface area contributed by atoms with Crippen LogP contribution in [0, 0.1) is 5.82 Å². The van der Waals surface area contributed by atoms with E-state index in [1.807, 2.05) is 12.1 Å². The van der Waals surface area contributed by atoms with E-state index in [0.717, 1.165) is 16.8 Å². The Balaban J connectivity index is 1.26. The van der Waals surface area contributed by atoms with E-state index in [1.54, 1.807) is 35.0 Å². The predicted molar refractivity (Wildman–Crippen MR) is 164 cm³/mol. The zero-order valence-electron chi connectivity index (χ0n) is 24.4. The molecule has 14 nitrogen and oxygen atoms in total. The summed E-state index contributed by atoms with van der Waals surface area (Å²) in [6.45, 7) is 0.0316. The smallest absolute Gasteiger partial charge is 0.404 e. The van der Waals surface area contributed by atoms with Gasteiger partial charge in [0.05, 0.1) is 17.3 Å². The number of carbonyl (C=O) groups excluding carboxylic acids is 2. The van der Waals surface area contributed by atoms with E-state index in [9.17, 15) is 28.4 Å². The summed E-state index contributed by atoms with van der Waals surface area (Å²) in [6, 6.07) is 11.8. The number of halogens is 1. The van der Waals surface area contributed by atoms with Crippen molar-refractivity contribution >= 4 is 34.6 Å². The molecule has 0 radical (unpaired) electrons. The molecule has 0 spiro atoms. The van der Waals surface area contributed by atoms with Gasteiger partial charge in [0.2, 0.25) is 0 Å². The van der Waals surface area contributed by atoms with E-state index >= 15 is 0 Å². The van der Waals surface area contributed by atoms with Gasteiger partial charge < -0.3 is 25.5 Å². The average Bonchev–Trinajstić information content (AvgIpc) is 3.49. The molecule has 0 atom stereocenters. The van der Waals surface area contributed by atoms with Crippen LogP contribution in [0.5, 0.6) is 0 Å². The molecule has 1 saturated carbocycles. The molecule has 6 rings (SSSR count). The summed E-state index contributed by atoms with van der Waals surface area (Å²) in [5.74, 6) is -1.58. The lowest BCUT2D eigenvalue weighted by atomic mass is 9.90. The minimum atomic E-state index is -1.22. The van der Waals surface area contributed by atoms with Crippen LogP contribution in [0.15, 0.2) is 76.7 Å². The first-order valence-electron chi connectivity index (χ1n) is 14.6. The number of rotatable bonds is 8. The van der Waals surface area contributed by atoms with E-state index in [1.165, 1.54) is 16.7 Å². The van der Waals surface area contributed by atoms with Crippen LogP contribution in [0.2, 0.25) is 0 Å². The molecule has 46 heavy (non-hydrogen) atoms. The fourth-order valence-electron chi connectivity index (χ4n) is 5.75. The van der Waals surface area contributed by atoms with E-state index in [0.29, 0.717) is 31.3 Å². The number of hydrogen-bond donors (Lipinski definition) is 4. The van der Waals surface area contributed by atoms with Gasteiger partial charge in [0.25, 0.3) is 17.4 Å². The minimum Gasteiger partial charge on any atom is -0.465 e. The number of aromatic nitrogens is 5. The van der Waals surface area contributed by atoms with Crippen LogP contribution < -0.4 is 27.2 Å². The van der Waals surface area contributed by atoms with Crippen molar-refractivity contribution < 1.29 is 23.9 Å². The van der Waals surface area contributed by atoms with E-state index in [4.69, 9.17) is 5.11 Å². The first-order chi connectivity index (χ1) is 22.2. The first kappa shape index (κ1) is 30.2. The van der Waals surface area contributed by atoms with Crippen LogP contribution in [-0.4, -0.2) is 65.6 Å². The highest BCUT2D eigenvalue weighted by molar-refractivity contribution is 5.95. The van der Waals surface area contributed by atoms with Gasteiger partial charge in [-0.15, -0.1) is 0 Å². The summed E-state index contributed by atoms with van der Waals surface area (Å²) < 4.78 is 18.4. The normalized spacial score (nSPS) is 16.3. The third-order valence-electron chi connectivity index (χ3n) is 7.94. The third-order valence-corrected chi connectivity index (χ3v) is 7.94. The van der Waals surface area contributed by atoms with Crippen LogP contribution in [0.25, 0.3) is 22.4 Å². The van der Waals surface area contributed by atoms with Crippen molar-refractivity contribution in [2.75, 3.05) is 13.1 Å². The molecule has 0 aliphatic heterocycles. The van der Waals surface area contributed by atoms with E-state index in [2.05, 4.69) is 25.9 Å². The van der Waals surface area contributed by atoms with Crippen molar-refractivity contribution in [2.45, 2.75) is 37.8 Å². The number of nitrogens with zero attached hydrogens (tertiary/aromatic N) is 5. The molecule has 1 aliphatic rings. The Labute approximate surface area is 259 Å². The second-order valence-electron chi connectivity index (χ2n) is 10.9. The Morgan fingerprint density at radius 2 is 1.74 bits per heavy atom. The summed E-state index contributed by atoms with van der Waals surface area (Å²) in [6.07, 6.45) is 4.90. The van der Waals surface area contributed by atoms with Crippen molar-refractivity contribution in [1.29, 1.82) is 0 Å². The fourth-order valence-corrected chi connectivity index (χ4v) is 5.75. The zero-order valence-corrected chi connectivity index (χ0v) is 24.4. The lowest BCUT2D eigenvalue weighted by molar-refractivity contribution is 0.0916. The standard InChI is InChI=1S/C31H29FN8O6/c32-19-15-23-26(35-16-19)39(22-5-3-4-18(14-22)27(41)33-11-12-34-30(44)45)31(46)40(29(23)43)21-9-7-20(8-10-21)36-28(42)24-17-38-13-2-1-6-25(38)37-24/h1-6,13-17,20-21,34H,7-12H2,(H,33,41)(H,36,42)(H,44,45)/t20-,21+. The number of pyridine rings is 2. The molecule has 15 heteroatoms. The molecule has 4 heterocycles. The molecular weight excluding hydrogens is 599 g/mol. The summed E-state index contributed by atoms with van der Waals surface area (Å²) in [5.41, 5.74) is -0.110. The van der Waals surface area contributed by atoms with Gasteiger partial charge in [-0.1, -0.05) is 12.1 Å². The Morgan fingerprint density at radius 3 is 2.50 bits per heavy atom. The van der Waals surface area contributed by atoms with E-state index < -0.39 is 35.1 Å². The van der Waals surface area contributed by atoms with E-state index in [-0.39, 0.29) is 53.0 Å². The van der Waals surface area contributed by atoms with Gasteiger partial charge in [-0.25, -0.2) is 28.5 Å². The number of carboxylic acid groups (broad SMARTS) is 1. The van der Waals surface area contributed by atoms with Gasteiger partial charge >= 0.3 is 11.8 Å². The number of hydrogen-bond acceptors (Lipinski definition) is 7. The highest BCUT2D eigenvalue weighted by atomic mass is 19.1. The maximum atomic E-state index is 14.3. The lowest BCUT2D eigenvalue weighted by Crippen LogP contribution is -2.45. The Morgan fingerprint density at radius 1 is 0.957 bits per heavy atom. The summed E-state index contributed by atoms with van der Waals surface area (Å²) >= 11 is 0. The van der Waals surface area contributed by atoms with Gasteiger partial charge in [0.15, 0.2) is 5.65 Å². The largest absolute Gasteiger partial charge is 0.465 e. The maximum absolute atomic E-state index is 14.3. The monoisotopic (exact) mass is 628 g/mol. The van der Waals surface area contributed by atoms with Crippen molar-refractivity contribution in [3.63, 3.8) is 0 Å². The van der Waals surface area contributed by atoms with Crippen LogP contribution in [0.3, 0.4) is 0 Å². The van der Waals surface area contributed by atoms with Crippen molar-refractivity contribution in [1.82, 2.24) is 39.5 Å². The Hall–Kier alpha value is -5.86. The number of imidazole rings is 1. The van der Waals surface area contributed by atoms with Crippen LogP contribution in [0.1, 0.15) is 52.6 Å². The molecule has 1 aromatic carbocycles. The highest BCUT2D eigenvalue weighted by Crippen LogP contribution is 2.28. The molecule has 1 aliphatic carbocycles. The number of nitrogens with one attached hydrogen (secondary N) is 3. The summed E-state index contributed by atoms with van der Waals surface area (Å²) in [5, 5.41) is 16.3. The Bertz CT molecular complexity index is 2060. The molecule has 0 unspecified atom stereocenters. The second kappa shape index (κ2) is 12.6. The van der Waals surface area contributed by atoms with Gasteiger partial charge in [-0.2, -0.15) is 0 Å². The molecule has 4 aromatic heterocycles. The molecule has 0 bridgehead atoms. The average molecular weight is 629 g/mol. The minimum absolute atomic E-state index is 0.00222. The molecule has 5 aromatic rings. The second-order valence-corrected chi connectivity index (χ2v) is 10.9. The molecule has 1 fully saturated rings. The predicted octanol–water partition coefficient (Wildman–Crippen LogP) is 2.25. The number of amides is 3. The number of carbonyl (C=O) groups is 3. The van der Waals surface area contributed by atoms with Gasteiger partial charge in [-0.05, 0) is 62.1 Å². The third kappa shape index (κ3) is 6.06. The summed E-state index contributed by atoms with van der Waals surface area (Å²) in [7, 11) is 0. The van der Waals surface area contributed by atoms with Crippen molar-refractivity contribution in [2.24, 2.45) is 0 Å². The van der Waals surface area contributed by atoms with Gasteiger partial charge in [-0.3, -0.25) is 19.0 Å². The van der Waals surface area contributed by atoms with Crippen molar-refractivity contribution in [3.05, 3.63) is 105 Å². The van der Waals surface area contributed by atoms with Crippen molar-refractivity contribution in [3.8, 4) is 5.69 Å². The highest BCUT2D eigenvalue weighted by Gasteiger charge is 2.28. The zero-order chi connectivity index (χ0) is 32.4.